The number of esters is 1. The Kier molecular flexibility index (Phi) is 7.80. The van der Waals surface area contributed by atoms with Crippen LogP contribution >= 0.6 is 0 Å². The van der Waals surface area contributed by atoms with Crippen LogP contribution in [0.15, 0.2) is 48.5 Å². The number of nitro benzene ring substituents is 1. The summed E-state index contributed by atoms with van der Waals surface area (Å²) < 4.78 is 18.3. The number of ether oxygens (including phenoxy) is 1. The third-order valence-electron chi connectivity index (χ3n) is 3.73. The van der Waals surface area contributed by atoms with E-state index in [2.05, 4.69) is 16.0 Å². The molecule has 0 aliphatic rings. The first-order valence-electron chi connectivity index (χ1n) is 8.80. The maximum Gasteiger partial charge on any atom is 0.319 e. The fourth-order valence-electron chi connectivity index (χ4n) is 2.26. The second-order valence-electron chi connectivity index (χ2n) is 6.04. The lowest BCUT2D eigenvalue weighted by atomic mass is 10.2. The molecule has 3 amide bonds. The summed E-state index contributed by atoms with van der Waals surface area (Å²) in [4.78, 5) is 45.4. The number of halogens is 1. The van der Waals surface area contributed by atoms with Gasteiger partial charge in [0.05, 0.1) is 11.3 Å². The van der Waals surface area contributed by atoms with Crippen molar-refractivity contribution in [3.63, 3.8) is 0 Å². The van der Waals surface area contributed by atoms with Crippen LogP contribution in [0.1, 0.15) is 13.3 Å². The van der Waals surface area contributed by atoms with Crippen LogP contribution in [-0.4, -0.2) is 35.5 Å². The first-order valence-corrected chi connectivity index (χ1v) is 8.80. The van der Waals surface area contributed by atoms with Gasteiger partial charge in [0.2, 0.25) is 5.82 Å². The summed E-state index contributed by atoms with van der Waals surface area (Å²) >= 11 is 0. The molecule has 0 unspecified atom stereocenters. The van der Waals surface area contributed by atoms with Crippen molar-refractivity contribution in [2.75, 3.05) is 17.2 Å². The maximum absolute atomic E-state index is 13.3. The highest BCUT2D eigenvalue weighted by atomic mass is 19.1. The Bertz CT molecular complexity index is 938. The molecule has 2 rings (SSSR count). The molecule has 0 radical (unpaired) electrons. The number of carbonyl (C=O) groups is 3. The van der Waals surface area contributed by atoms with Crippen molar-refractivity contribution in [2.45, 2.75) is 19.4 Å². The normalized spacial score (nSPS) is 11.1. The minimum Gasteiger partial charge on any atom is -0.452 e. The van der Waals surface area contributed by atoms with Crippen LogP contribution in [0.5, 0.6) is 0 Å². The van der Waals surface area contributed by atoms with Gasteiger partial charge in [-0.2, -0.15) is 4.39 Å². The van der Waals surface area contributed by atoms with E-state index in [0.717, 1.165) is 18.2 Å². The Hall–Kier alpha value is -4.02. The highest BCUT2D eigenvalue weighted by Crippen LogP contribution is 2.21. The smallest absolute Gasteiger partial charge is 0.319 e. The van der Waals surface area contributed by atoms with Gasteiger partial charge in [0.1, 0.15) is 0 Å². The van der Waals surface area contributed by atoms with Gasteiger partial charge in [-0.3, -0.25) is 19.7 Å². The number of anilines is 2. The van der Waals surface area contributed by atoms with Gasteiger partial charge in [-0.15, -0.1) is 0 Å². The summed E-state index contributed by atoms with van der Waals surface area (Å²) in [5, 5.41) is 18.1. The highest BCUT2D eigenvalue weighted by molar-refractivity contribution is 5.95. The number of hydrogen-bond acceptors (Lipinski definition) is 6. The number of benzene rings is 2. The van der Waals surface area contributed by atoms with Gasteiger partial charge in [-0.05, 0) is 31.2 Å². The molecule has 0 saturated heterocycles. The van der Waals surface area contributed by atoms with Crippen LogP contribution in [-0.2, 0) is 14.3 Å². The molecule has 3 N–H and O–H groups in total. The van der Waals surface area contributed by atoms with Crippen LogP contribution in [0.2, 0.25) is 0 Å². The van der Waals surface area contributed by atoms with E-state index in [1.165, 1.54) is 6.92 Å². The molecule has 0 aliphatic carbocycles. The maximum atomic E-state index is 13.3. The summed E-state index contributed by atoms with van der Waals surface area (Å²) in [5.41, 5.74) is -0.226. The molecule has 1 atom stereocenters. The molecule has 0 aliphatic heterocycles. The Labute approximate surface area is 170 Å². The van der Waals surface area contributed by atoms with E-state index >= 15 is 0 Å². The van der Waals surface area contributed by atoms with Gasteiger partial charge in [0.15, 0.2) is 6.10 Å². The standard InChI is InChI=1S/C19H19FN4O6/c1-12(18(26)22-14-7-8-15(20)16(11-14)24(28)29)30-17(25)9-10-21-19(27)23-13-5-3-2-4-6-13/h2-8,11-12H,9-10H2,1H3,(H,22,26)(H2,21,23,27)/t12-/m1/s1. The fraction of sp³-hybridized carbons (Fsp3) is 0.211. The minimum absolute atomic E-state index is 0.0179. The van der Waals surface area contributed by atoms with E-state index in [9.17, 15) is 28.9 Å². The molecular weight excluding hydrogens is 399 g/mol. The van der Waals surface area contributed by atoms with Gasteiger partial charge in [0.25, 0.3) is 5.91 Å². The summed E-state index contributed by atoms with van der Waals surface area (Å²) in [6.45, 7) is 1.29. The largest absolute Gasteiger partial charge is 0.452 e. The zero-order valence-corrected chi connectivity index (χ0v) is 15.9. The predicted molar refractivity (Wildman–Crippen MR) is 105 cm³/mol. The number of amides is 3. The molecule has 0 fully saturated rings. The molecule has 0 heterocycles. The van der Waals surface area contributed by atoms with Gasteiger partial charge in [0, 0.05) is 24.0 Å². The van der Waals surface area contributed by atoms with Crippen molar-refractivity contribution < 1.29 is 28.4 Å². The Morgan fingerprint density at radius 3 is 2.47 bits per heavy atom. The monoisotopic (exact) mass is 418 g/mol. The van der Waals surface area contributed by atoms with Crippen molar-refractivity contribution in [3.8, 4) is 0 Å². The van der Waals surface area contributed by atoms with Crippen molar-refractivity contribution in [1.29, 1.82) is 0 Å². The number of rotatable bonds is 8. The van der Waals surface area contributed by atoms with Gasteiger partial charge >= 0.3 is 17.7 Å². The van der Waals surface area contributed by atoms with Gasteiger partial charge in [-0.25, -0.2) is 4.79 Å². The predicted octanol–water partition coefficient (Wildman–Crippen LogP) is 2.82. The van der Waals surface area contributed by atoms with E-state index in [1.54, 1.807) is 30.3 Å². The number of nitro groups is 1. The van der Waals surface area contributed by atoms with Crippen LogP contribution < -0.4 is 16.0 Å². The van der Waals surface area contributed by atoms with Crippen molar-refractivity contribution >= 4 is 35.0 Å². The lowest BCUT2D eigenvalue weighted by Crippen LogP contribution is -2.33. The summed E-state index contributed by atoms with van der Waals surface area (Å²) in [7, 11) is 0. The quantitative estimate of drug-likeness (QED) is 0.342. The topological polar surface area (TPSA) is 140 Å². The molecule has 0 saturated carbocycles. The zero-order valence-electron chi connectivity index (χ0n) is 15.9. The molecule has 0 bridgehead atoms. The van der Waals surface area contributed by atoms with Crippen LogP contribution in [0.25, 0.3) is 0 Å². The highest BCUT2D eigenvalue weighted by Gasteiger charge is 2.20. The lowest BCUT2D eigenvalue weighted by Gasteiger charge is -2.14. The Morgan fingerprint density at radius 1 is 1.10 bits per heavy atom. The van der Waals surface area contributed by atoms with Crippen molar-refractivity contribution in [2.24, 2.45) is 0 Å². The van der Waals surface area contributed by atoms with Crippen LogP contribution in [0, 0.1) is 15.9 Å². The minimum atomic E-state index is -1.21. The first kappa shape index (κ1) is 22.3. The van der Waals surface area contributed by atoms with E-state index in [-0.39, 0.29) is 18.7 Å². The molecule has 0 spiro atoms. The third-order valence-corrected chi connectivity index (χ3v) is 3.73. The van der Waals surface area contributed by atoms with E-state index < -0.39 is 40.4 Å². The Balaban J connectivity index is 1.75. The summed E-state index contributed by atoms with van der Waals surface area (Å²) in [5.74, 6) is -2.52. The molecular formula is C19H19FN4O6. The average Bonchev–Trinajstić information content (AvgIpc) is 2.69. The number of nitrogens with zero attached hydrogens (tertiary/aromatic N) is 1. The third kappa shape index (κ3) is 6.86. The SMILES string of the molecule is C[C@@H](OC(=O)CCNC(=O)Nc1ccccc1)C(=O)Nc1ccc(F)c([N+](=O)[O-])c1. The molecule has 10 nitrogen and oxygen atoms in total. The zero-order chi connectivity index (χ0) is 22.1. The molecule has 158 valence electrons. The molecule has 30 heavy (non-hydrogen) atoms. The second kappa shape index (κ2) is 10.5. The fourth-order valence-corrected chi connectivity index (χ4v) is 2.26. The van der Waals surface area contributed by atoms with Crippen LogP contribution in [0.3, 0.4) is 0 Å². The first-order chi connectivity index (χ1) is 14.3. The molecule has 2 aromatic carbocycles. The van der Waals surface area contributed by atoms with E-state index in [0.29, 0.717) is 5.69 Å². The number of hydrogen-bond donors (Lipinski definition) is 3. The van der Waals surface area contributed by atoms with Crippen molar-refractivity contribution in [1.82, 2.24) is 5.32 Å². The van der Waals surface area contributed by atoms with Gasteiger partial charge < -0.3 is 20.7 Å². The van der Waals surface area contributed by atoms with E-state index in [4.69, 9.17) is 4.74 Å². The number of para-hydroxylation sites is 1. The van der Waals surface area contributed by atoms with Gasteiger partial charge in [-0.1, -0.05) is 18.2 Å². The molecule has 0 aromatic heterocycles. The second-order valence-corrected chi connectivity index (χ2v) is 6.04. The lowest BCUT2D eigenvalue weighted by molar-refractivity contribution is -0.387. The van der Waals surface area contributed by atoms with E-state index in [1.807, 2.05) is 0 Å². The van der Waals surface area contributed by atoms with Crippen molar-refractivity contribution in [3.05, 3.63) is 64.5 Å². The average molecular weight is 418 g/mol. The number of carbonyl (C=O) groups excluding carboxylic acids is 3. The summed E-state index contributed by atoms with van der Waals surface area (Å²) in [6, 6.07) is 11.0. The number of nitrogens with one attached hydrogen (secondary N) is 3. The Morgan fingerprint density at radius 2 is 1.80 bits per heavy atom. The molecule has 11 heteroatoms. The summed E-state index contributed by atoms with van der Waals surface area (Å²) in [6.07, 6.45) is -1.39. The number of urea groups is 1. The van der Waals surface area contributed by atoms with Crippen LogP contribution in [0.4, 0.5) is 26.2 Å². The molecule has 2 aromatic rings.